The Kier molecular flexibility index (Phi) is 2.75. The molecule has 0 atom stereocenters. The zero-order chi connectivity index (χ0) is 8.43. The van der Waals surface area contributed by atoms with Crippen LogP contribution in [-0.4, -0.2) is 13.3 Å². The van der Waals surface area contributed by atoms with Gasteiger partial charge in [0.1, 0.15) is 0 Å². The van der Waals surface area contributed by atoms with Crippen molar-refractivity contribution in [2.24, 2.45) is 0 Å². The predicted molar refractivity (Wildman–Crippen MR) is 54.3 cm³/mol. The molecule has 0 spiro atoms. The quantitative estimate of drug-likeness (QED) is 0.530. The lowest BCUT2D eigenvalue weighted by atomic mass is 10.3. The van der Waals surface area contributed by atoms with Crippen LogP contribution in [0.4, 0.5) is 5.69 Å². The summed E-state index contributed by atoms with van der Waals surface area (Å²) in [6.45, 7) is 4.33. The summed E-state index contributed by atoms with van der Waals surface area (Å²) in [5, 5.41) is 1.96. The highest BCUT2D eigenvalue weighted by molar-refractivity contribution is 7.64. The summed E-state index contributed by atoms with van der Waals surface area (Å²) >= 11 is 5.82. The van der Waals surface area contributed by atoms with Crippen molar-refractivity contribution >= 4 is 30.5 Å². The Morgan fingerprint density at radius 1 is 1.36 bits per heavy atom. The van der Waals surface area contributed by atoms with Crippen LogP contribution in [0.2, 0.25) is 5.02 Å². The maximum absolute atomic E-state index is 5.82. The van der Waals surface area contributed by atoms with Gasteiger partial charge in [-0.25, -0.2) is 0 Å². The first-order chi connectivity index (χ1) is 5.11. The molecular weight excluding hydrogens is 177 g/mol. The molecule has 0 radical (unpaired) electrons. The van der Waals surface area contributed by atoms with E-state index in [9.17, 15) is 0 Å². The van der Waals surface area contributed by atoms with Crippen molar-refractivity contribution in [2.75, 3.05) is 19.1 Å². The summed E-state index contributed by atoms with van der Waals surface area (Å²) in [7, 11) is -0.142. The van der Waals surface area contributed by atoms with Gasteiger partial charge in [0.05, 0.1) is 0 Å². The van der Waals surface area contributed by atoms with Crippen LogP contribution < -0.4 is 11.0 Å². The van der Waals surface area contributed by atoms with E-state index < -0.39 is 0 Å². The molecule has 0 saturated carbocycles. The Hall–Kier alpha value is -0.260. The summed E-state index contributed by atoms with van der Waals surface area (Å²) < 4.78 is 0. The zero-order valence-electron chi connectivity index (χ0n) is 6.63. The maximum Gasteiger partial charge on any atom is 0.0413 e. The standard InChI is InChI=1S/C8H11ClNP/c1-11(2)8-5-6(9)3-4-7(8)10/h3-5H,10H2,1-2H3. The molecule has 0 saturated heterocycles. The minimum Gasteiger partial charge on any atom is -0.398 e. The van der Waals surface area contributed by atoms with Crippen molar-refractivity contribution in [3.63, 3.8) is 0 Å². The third kappa shape index (κ3) is 2.08. The number of rotatable bonds is 1. The lowest BCUT2D eigenvalue weighted by Gasteiger charge is -2.09. The van der Waals surface area contributed by atoms with E-state index in [4.69, 9.17) is 17.3 Å². The van der Waals surface area contributed by atoms with E-state index in [-0.39, 0.29) is 7.92 Å². The van der Waals surface area contributed by atoms with Crippen molar-refractivity contribution in [3.05, 3.63) is 23.2 Å². The first-order valence-electron chi connectivity index (χ1n) is 3.33. The number of hydrogen-bond donors (Lipinski definition) is 1. The number of benzene rings is 1. The molecule has 11 heavy (non-hydrogen) atoms. The van der Waals surface area contributed by atoms with Gasteiger partial charge in [0.25, 0.3) is 0 Å². The van der Waals surface area contributed by atoms with Gasteiger partial charge in [-0.3, -0.25) is 0 Å². The molecule has 0 heterocycles. The van der Waals surface area contributed by atoms with Gasteiger partial charge in [0, 0.05) is 10.7 Å². The van der Waals surface area contributed by atoms with E-state index in [1.54, 1.807) is 0 Å². The summed E-state index contributed by atoms with van der Waals surface area (Å²) in [6, 6.07) is 5.63. The van der Waals surface area contributed by atoms with Gasteiger partial charge < -0.3 is 5.73 Å². The van der Waals surface area contributed by atoms with Crippen LogP contribution in [0, 0.1) is 0 Å². The molecule has 1 nitrogen and oxygen atoms in total. The van der Waals surface area contributed by atoms with Gasteiger partial charge in [-0.15, -0.1) is 0 Å². The average molecular weight is 188 g/mol. The minimum absolute atomic E-state index is 0.142. The highest BCUT2D eigenvalue weighted by Gasteiger charge is 2.02. The number of nitrogens with two attached hydrogens (primary N) is 1. The van der Waals surface area contributed by atoms with Crippen LogP contribution in [-0.2, 0) is 0 Å². The van der Waals surface area contributed by atoms with Gasteiger partial charge >= 0.3 is 0 Å². The van der Waals surface area contributed by atoms with Crippen LogP contribution in [0.25, 0.3) is 0 Å². The molecule has 0 unspecified atom stereocenters. The molecule has 0 aliphatic carbocycles. The highest BCUT2D eigenvalue weighted by Crippen LogP contribution is 2.28. The van der Waals surface area contributed by atoms with E-state index >= 15 is 0 Å². The monoisotopic (exact) mass is 187 g/mol. The van der Waals surface area contributed by atoms with Gasteiger partial charge in [-0.05, 0) is 36.8 Å². The third-order valence-corrected chi connectivity index (χ3v) is 3.06. The molecule has 60 valence electrons. The molecule has 0 aromatic heterocycles. The fourth-order valence-electron chi connectivity index (χ4n) is 0.904. The molecule has 0 aliphatic rings. The fraction of sp³-hybridized carbons (Fsp3) is 0.250. The van der Waals surface area contributed by atoms with E-state index in [0.717, 1.165) is 10.7 Å². The molecule has 1 aromatic rings. The highest BCUT2D eigenvalue weighted by atomic mass is 35.5. The lowest BCUT2D eigenvalue weighted by molar-refractivity contribution is 1.73. The first-order valence-corrected chi connectivity index (χ1v) is 5.95. The fourth-order valence-corrected chi connectivity index (χ4v) is 2.14. The normalized spacial score (nSPS) is 10.5. The largest absolute Gasteiger partial charge is 0.398 e. The van der Waals surface area contributed by atoms with Crippen LogP contribution in [0.3, 0.4) is 0 Å². The predicted octanol–water partition coefficient (Wildman–Crippen LogP) is 2.29. The van der Waals surface area contributed by atoms with Crippen molar-refractivity contribution < 1.29 is 0 Å². The Bertz CT molecular complexity index is 260. The molecule has 0 aliphatic heterocycles. The van der Waals surface area contributed by atoms with Crippen molar-refractivity contribution in [1.29, 1.82) is 0 Å². The maximum atomic E-state index is 5.82. The molecule has 1 aromatic carbocycles. The van der Waals surface area contributed by atoms with Crippen molar-refractivity contribution in [3.8, 4) is 0 Å². The van der Waals surface area contributed by atoms with Crippen LogP contribution in [0.15, 0.2) is 18.2 Å². The molecule has 2 N–H and O–H groups in total. The topological polar surface area (TPSA) is 26.0 Å². The summed E-state index contributed by atoms with van der Waals surface area (Å²) in [5.74, 6) is 0. The molecule has 0 bridgehead atoms. The Morgan fingerprint density at radius 2 is 2.00 bits per heavy atom. The van der Waals surface area contributed by atoms with Crippen molar-refractivity contribution in [1.82, 2.24) is 0 Å². The third-order valence-electron chi connectivity index (χ3n) is 1.47. The van der Waals surface area contributed by atoms with Crippen LogP contribution in [0.5, 0.6) is 0 Å². The van der Waals surface area contributed by atoms with E-state index in [1.165, 1.54) is 5.30 Å². The van der Waals surface area contributed by atoms with Gasteiger partial charge in [0.15, 0.2) is 0 Å². The second-order valence-corrected chi connectivity index (χ2v) is 5.30. The molecule has 0 amide bonds. The minimum atomic E-state index is -0.142. The molecule has 1 rings (SSSR count). The number of halogens is 1. The Morgan fingerprint density at radius 3 is 2.45 bits per heavy atom. The summed E-state index contributed by atoms with van der Waals surface area (Å²) in [5.41, 5.74) is 6.60. The molecule has 0 fully saturated rings. The Labute approximate surface area is 73.3 Å². The summed E-state index contributed by atoms with van der Waals surface area (Å²) in [6.07, 6.45) is 0. The van der Waals surface area contributed by atoms with E-state index in [2.05, 4.69) is 13.3 Å². The SMILES string of the molecule is CP(C)c1cc(Cl)ccc1N. The van der Waals surface area contributed by atoms with E-state index in [1.807, 2.05) is 18.2 Å². The second kappa shape index (κ2) is 3.42. The number of hydrogen-bond acceptors (Lipinski definition) is 1. The number of anilines is 1. The van der Waals surface area contributed by atoms with E-state index in [0.29, 0.717) is 0 Å². The second-order valence-electron chi connectivity index (χ2n) is 2.60. The van der Waals surface area contributed by atoms with Crippen LogP contribution in [0.1, 0.15) is 0 Å². The molecular formula is C8H11ClNP. The van der Waals surface area contributed by atoms with Gasteiger partial charge in [-0.2, -0.15) is 0 Å². The Balaban J connectivity index is 3.13. The van der Waals surface area contributed by atoms with Gasteiger partial charge in [0.2, 0.25) is 0 Å². The van der Waals surface area contributed by atoms with Crippen LogP contribution >= 0.6 is 19.5 Å². The van der Waals surface area contributed by atoms with Gasteiger partial charge in [-0.1, -0.05) is 19.5 Å². The smallest absolute Gasteiger partial charge is 0.0413 e. The summed E-state index contributed by atoms with van der Waals surface area (Å²) in [4.78, 5) is 0. The lowest BCUT2D eigenvalue weighted by Crippen LogP contribution is -2.06. The first kappa shape index (κ1) is 8.83. The zero-order valence-corrected chi connectivity index (χ0v) is 8.28. The molecule has 3 heteroatoms. The number of nitrogen functional groups attached to an aromatic ring is 1. The average Bonchev–Trinajstić information content (AvgIpc) is 1.94. The van der Waals surface area contributed by atoms with Crippen molar-refractivity contribution in [2.45, 2.75) is 0 Å².